The second-order valence-electron chi connectivity index (χ2n) is 34.8. The third-order valence-corrected chi connectivity index (χ3v) is 17.5. The molecule has 4 aromatic carbocycles. The van der Waals surface area contributed by atoms with E-state index in [1.54, 1.807) is 7.05 Å². The number of thiophene rings is 1. The van der Waals surface area contributed by atoms with Crippen LogP contribution < -0.4 is 4.74 Å². The number of carbonyl (C=O) groups excluding carboxylic acids is 4. The smallest absolute Gasteiger partial charge is 0.343 e. The van der Waals surface area contributed by atoms with Crippen molar-refractivity contribution in [2.24, 2.45) is 21.7 Å². The summed E-state index contributed by atoms with van der Waals surface area (Å²) in [5, 5.41) is 1.44. The molecular formula is C82H125NO6S. The van der Waals surface area contributed by atoms with Crippen LogP contribution in [0.4, 0.5) is 0 Å². The topological polar surface area (TPSA) is 90.0 Å². The number of esters is 2. The Morgan fingerprint density at radius 2 is 0.644 bits per heavy atom. The predicted octanol–water partition coefficient (Wildman–Crippen LogP) is 23.4. The zero-order valence-electron chi connectivity index (χ0n) is 63.9. The van der Waals surface area contributed by atoms with Crippen molar-refractivity contribution in [2.75, 3.05) is 7.05 Å². The van der Waals surface area contributed by atoms with E-state index >= 15 is 0 Å². The molecule has 3 aliphatic rings. The fourth-order valence-electron chi connectivity index (χ4n) is 11.6. The number of ether oxygens (including phenoxy) is 2. The van der Waals surface area contributed by atoms with Crippen molar-refractivity contribution in [3.8, 4) is 11.5 Å². The summed E-state index contributed by atoms with van der Waals surface area (Å²) in [7, 11) is 1.55. The Bertz CT molecular complexity index is 3220. The van der Waals surface area contributed by atoms with Gasteiger partial charge in [0.2, 0.25) is 0 Å². The predicted molar refractivity (Wildman–Crippen MR) is 389 cm³/mol. The second kappa shape index (κ2) is 28.7. The summed E-state index contributed by atoms with van der Waals surface area (Å²) in [4.78, 5) is 50.1. The van der Waals surface area contributed by atoms with Crippen LogP contribution in [0.15, 0.2) is 107 Å². The molecule has 0 saturated heterocycles. The Hall–Kier alpha value is -5.60. The second-order valence-corrected chi connectivity index (χ2v) is 35.8. The first-order valence-electron chi connectivity index (χ1n) is 33.1. The van der Waals surface area contributed by atoms with Gasteiger partial charge in [-0.2, -0.15) is 0 Å². The van der Waals surface area contributed by atoms with E-state index in [1.807, 2.05) is 122 Å². The van der Waals surface area contributed by atoms with E-state index in [0.717, 1.165) is 11.5 Å². The molecule has 2 amide bonds. The molecule has 0 atom stereocenters. The molecule has 0 radical (unpaired) electrons. The number of benzene rings is 4. The van der Waals surface area contributed by atoms with Crippen LogP contribution in [0.2, 0.25) is 0 Å². The Balaban J connectivity index is 0.000000383. The van der Waals surface area contributed by atoms with Crippen molar-refractivity contribution < 1.29 is 28.7 Å². The highest BCUT2D eigenvalue weighted by Crippen LogP contribution is 2.54. The molecule has 0 spiro atoms. The molecule has 0 saturated carbocycles. The molecule has 90 heavy (non-hydrogen) atoms. The van der Waals surface area contributed by atoms with Crippen LogP contribution in [-0.4, -0.2) is 35.7 Å². The lowest BCUT2D eigenvalue weighted by Crippen LogP contribution is -2.29. The average Bonchev–Trinajstić information content (AvgIpc) is 1.03. The van der Waals surface area contributed by atoms with Gasteiger partial charge in [0.25, 0.3) is 11.8 Å². The number of cyclic esters (lactones) is 2. The number of fused-ring (bicyclic) bond motifs is 3. The molecule has 0 bridgehead atoms. The van der Waals surface area contributed by atoms with Gasteiger partial charge in [-0.3, -0.25) is 14.5 Å². The number of carbonyl (C=O) groups is 4. The Labute approximate surface area is 554 Å². The Morgan fingerprint density at radius 1 is 0.344 bits per heavy atom. The van der Waals surface area contributed by atoms with Crippen molar-refractivity contribution in [1.82, 2.24) is 4.90 Å². The SMILES string of the molecule is CC.CC.CC(C)(C)C1=C(C(C)(C)C)C(=O)OC1=O.CC(C)(C)c1cccc2c1Oc1c(C(C)(C)C)cccc1C2(C)C.CC(C)(C)c1ccccc1C(C)(C)C.CC(C)(C)c1sc2ccccc2c1C(C)(C)C.CN1C(=O)C(C(C)(C)C)=C(C(C)(C)C)C1=O. The average molecular weight is 1250 g/mol. The first-order valence-corrected chi connectivity index (χ1v) is 33.9. The van der Waals surface area contributed by atoms with Crippen molar-refractivity contribution in [1.29, 1.82) is 0 Å². The van der Waals surface area contributed by atoms with Crippen molar-refractivity contribution in [3.63, 3.8) is 0 Å². The molecular weight excluding hydrogens is 1130 g/mol. The van der Waals surface area contributed by atoms with E-state index in [1.165, 1.54) is 58.8 Å². The summed E-state index contributed by atoms with van der Waals surface area (Å²) in [6.07, 6.45) is 0. The van der Waals surface area contributed by atoms with E-state index < -0.39 is 11.9 Å². The van der Waals surface area contributed by atoms with E-state index in [9.17, 15) is 19.2 Å². The van der Waals surface area contributed by atoms with Crippen LogP contribution in [0.25, 0.3) is 10.1 Å². The van der Waals surface area contributed by atoms with Gasteiger partial charge in [-0.25, -0.2) is 9.59 Å². The molecule has 0 N–H and O–H groups in total. The van der Waals surface area contributed by atoms with Crippen LogP contribution in [0.1, 0.15) is 293 Å². The molecule has 3 aliphatic heterocycles. The van der Waals surface area contributed by atoms with Crippen molar-refractivity contribution in [2.45, 2.75) is 287 Å². The van der Waals surface area contributed by atoms with Crippen LogP contribution in [0.5, 0.6) is 11.5 Å². The first-order chi connectivity index (χ1) is 40.4. The van der Waals surface area contributed by atoms with Gasteiger partial charge in [0.05, 0.1) is 11.1 Å². The van der Waals surface area contributed by atoms with Gasteiger partial charge in [0.15, 0.2) is 0 Å². The summed E-state index contributed by atoms with van der Waals surface area (Å²) < 4.78 is 12.7. The quantitative estimate of drug-likeness (QED) is 0.0872. The normalized spacial score (nSPS) is 15.4. The standard InChI is InChI=1S/C23H30O.C16H22S.C14H22.C13H21NO2.C12H18O3.2C2H6/c1-21(2,3)15-11-9-13-17-19(15)24-20-16(22(4,5)6)12-10-14-18(20)23(17,7)8;1-15(2,3)13-11-9-7-8-10-12(11)17-14(13)16(4,5)6;1-13(2,3)11-9-7-8-10-12(11)14(4,5)6;1-12(2,3)8-9(13(4,5)6)11(16)14(7)10(8)15;1-11(2,3)7-8(12(4,5)6)10(14)15-9(7)13;2*1-2/h9-14H,1-8H3;7-10H,1-6H3;7-10H,1-6H3;1-7H3;1-6H3;2*1-2H3. The van der Waals surface area contributed by atoms with E-state index in [4.69, 9.17) is 4.74 Å². The van der Waals surface area contributed by atoms with Crippen LogP contribution in [-0.2, 0) is 61.8 Å². The highest BCUT2D eigenvalue weighted by molar-refractivity contribution is 7.19. The molecule has 7 nitrogen and oxygen atoms in total. The lowest BCUT2D eigenvalue weighted by Gasteiger charge is -2.39. The summed E-state index contributed by atoms with van der Waals surface area (Å²) in [5.74, 6) is 0.832. The molecule has 5 aromatic rings. The van der Waals surface area contributed by atoms with Gasteiger partial charge >= 0.3 is 11.9 Å². The van der Waals surface area contributed by atoms with Crippen molar-refractivity contribution >= 4 is 45.2 Å². The number of rotatable bonds is 0. The molecule has 8 rings (SSSR count). The number of hydrogen-bond acceptors (Lipinski definition) is 7. The van der Waals surface area contributed by atoms with Gasteiger partial charge in [-0.15, -0.1) is 11.3 Å². The van der Waals surface area contributed by atoms with E-state index in [2.05, 4.69) is 228 Å². The lowest BCUT2D eigenvalue weighted by atomic mass is 9.71. The fraction of sp³-hybridized carbons (Fsp3) is 0.585. The molecule has 8 heteroatoms. The minimum Gasteiger partial charge on any atom is -0.456 e. The monoisotopic (exact) mass is 1250 g/mol. The maximum atomic E-state index is 12.1. The minimum atomic E-state index is -0.488. The number of nitrogens with zero attached hydrogens (tertiary/aromatic N) is 1. The van der Waals surface area contributed by atoms with Gasteiger partial charge in [-0.05, 0) is 82.3 Å². The number of hydrogen-bond donors (Lipinski definition) is 0. The molecule has 0 unspecified atom stereocenters. The van der Waals surface area contributed by atoms with Crippen LogP contribution >= 0.6 is 11.3 Å². The first kappa shape index (κ1) is 80.5. The number of para-hydroxylation sites is 2. The zero-order chi connectivity index (χ0) is 70.6. The molecule has 1 aromatic heterocycles. The van der Waals surface area contributed by atoms with Gasteiger partial charge in [0.1, 0.15) is 11.5 Å². The maximum absolute atomic E-state index is 12.1. The maximum Gasteiger partial charge on any atom is 0.343 e. The van der Waals surface area contributed by atoms with E-state index in [0.29, 0.717) is 22.3 Å². The third kappa shape index (κ3) is 19.3. The highest BCUT2D eigenvalue weighted by atomic mass is 32.1. The third-order valence-electron chi connectivity index (χ3n) is 15.9. The Kier molecular flexibility index (Phi) is 25.7. The molecule has 0 fully saturated rings. The van der Waals surface area contributed by atoms with Gasteiger partial charge in [-0.1, -0.05) is 328 Å². The largest absolute Gasteiger partial charge is 0.456 e. The minimum absolute atomic E-state index is 0.0512. The molecule has 500 valence electrons. The Morgan fingerprint density at radius 3 is 0.933 bits per heavy atom. The molecule has 4 heterocycles. The summed E-state index contributed by atoms with van der Waals surface area (Å²) >= 11 is 1.96. The number of imide groups is 1. The fourth-order valence-corrected chi connectivity index (χ4v) is 13.1. The summed E-state index contributed by atoms with van der Waals surface area (Å²) in [6.45, 7) is 77.0. The lowest BCUT2D eigenvalue weighted by molar-refractivity contribution is -0.152. The number of likely N-dealkylation sites (N-methyl/N-ethyl adjacent to an activating group) is 1. The number of amides is 2. The van der Waals surface area contributed by atoms with Crippen LogP contribution in [0, 0.1) is 21.7 Å². The van der Waals surface area contributed by atoms with Gasteiger partial charge < -0.3 is 9.47 Å². The van der Waals surface area contributed by atoms with Gasteiger partial charge in [0, 0.05) is 55.4 Å². The zero-order valence-corrected chi connectivity index (χ0v) is 64.7. The van der Waals surface area contributed by atoms with Crippen LogP contribution in [0.3, 0.4) is 0 Å². The highest BCUT2D eigenvalue weighted by Gasteiger charge is 2.46. The summed E-state index contributed by atoms with van der Waals surface area (Å²) in [6, 6.07) is 30.8. The van der Waals surface area contributed by atoms with Crippen molar-refractivity contribution in [3.05, 3.63) is 151 Å². The molecule has 0 aliphatic carbocycles. The summed E-state index contributed by atoms with van der Waals surface area (Å²) in [5.41, 5.74) is 11.6. The van der Waals surface area contributed by atoms with E-state index in [-0.39, 0.29) is 71.4 Å².